The van der Waals surface area contributed by atoms with E-state index in [0.29, 0.717) is 21.3 Å². The fourth-order valence-corrected chi connectivity index (χ4v) is 2.59. The van der Waals surface area contributed by atoms with Crippen molar-refractivity contribution in [2.75, 3.05) is 5.32 Å². The van der Waals surface area contributed by atoms with Crippen LogP contribution in [0.2, 0.25) is 10.0 Å². The van der Waals surface area contributed by atoms with Crippen LogP contribution in [0.5, 0.6) is 5.75 Å². The number of aromatic hydroxyl groups is 1. The highest BCUT2D eigenvalue weighted by molar-refractivity contribution is 6.31. The van der Waals surface area contributed by atoms with E-state index in [1.165, 1.54) is 18.3 Å². The van der Waals surface area contributed by atoms with Crippen molar-refractivity contribution in [2.45, 2.75) is 0 Å². The zero-order chi connectivity index (χ0) is 18.7. The first kappa shape index (κ1) is 17.8. The third kappa shape index (κ3) is 3.96. The van der Waals surface area contributed by atoms with Crippen molar-refractivity contribution in [2.24, 2.45) is 10.7 Å². The quantitative estimate of drug-likeness (QED) is 0.493. The number of phenols is 1. The van der Waals surface area contributed by atoms with Gasteiger partial charge in [-0.05, 0) is 36.4 Å². The Morgan fingerprint density at radius 3 is 2.73 bits per heavy atom. The molecule has 5 N–H and O–H groups in total. The van der Waals surface area contributed by atoms with Crippen LogP contribution in [0.3, 0.4) is 0 Å². The van der Waals surface area contributed by atoms with E-state index in [1.807, 2.05) is 0 Å². The first-order valence-electron chi connectivity index (χ1n) is 7.37. The lowest BCUT2D eigenvalue weighted by Crippen LogP contribution is -2.12. The second-order valence-corrected chi connectivity index (χ2v) is 6.13. The van der Waals surface area contributed by atoms with E-state index in [2.05, 4.69) is 20.5 Å². The van der Waals surface area contributed by atoms with Gasteiger partial charge in [-0.1, -0.05) is 29.3 Å². The van der Waals surface area contributed by atoms with Crippen LogP contribution in [-0.2, 0) is 0 Å². The highest BCUT2D eigenvalue weighted by atomic mass is 35.5. The number of amides is 1. The normalized spacial score (nSPS) is 11.0. The van der Waals surface area contributed by atoms with Gasteiger partial charge in [0.2, 0.25) is 0 Å². The SMILES string of the molecule is NC(=O)c1c(Nc2cccc(Cl)c2)n[nH]c1/N=C/c1cc(Cl)ccc1O. The Hall–Kier alpha value is -3.03. The third-order valence-electron chi connectivity index (χ3n) is 3.40. The molecule has 0 fully saturated rings. The van der Waals surface area contributed by atoms with Gasteiger partial charge in [-0.15, -0.1) is 0 Å². The molecule has 0 saturated carbocycles. The molecule has 9 heteroatoms. The van der Waals surface area contributed by atoms with Crippen LogP contribution < -0.4 is 11.1 Å². The Bertz CT molecular complexity index is 1000. The number of carbonyl (C=O) groups is 1. The molecule has 3 aromatic rings. The first-order valence-corrected chi connectivity index (χ1v) is 8.13. The standard InChI is InChI=1S/C17H13Cl2N5O2/c18-10-2-1-3-12(7-10)22-17-14(15(20)26)16(23-24-17)21-8-9-6-11(19)4-5-13(9)25/h1-8,25H,(H2,20,26)(H2,22,23,24)/b21-8+. The summed E-state index contributed by atoms with van der Waals surface area (Å²) >= 11 is 11.8. The molecule has 1 aromatic heterocycles. The van der Waals surface area contributed by atoms with Crippen LogP contribution in [0.1, 0.15) is 15.9 Å². The number of phenolic OH excluding ortho intramolecular Hbond substituents is 1. The monoisotopic (exact) mass is 389 g/mol. The lowest BCUT2D eigenvalue weighted by atomic mass is 10.2. The van der Waals surface area contributed by atoms with E-state index in [1.54, 1.807) is 30.3 Å². The Morgan fingerprint density at radius 2 is 2.00 bits per heavy atom. The van der Waals surface area contributed by atoms with Crippen molar-refractivity contribution in [1.29, 1.82) is 0 Å². The van der Waals surface area contributed by atoms with Crippen LogP contribution in [-0.4, -0.2) is 27.4 Å². The predicted octanol–water partition coefficient (Wildman–Crippen LogP) is 4.02. The van der Waals surface area contributed by atoms with Gasteiger partial charge in [0.25, 0.3) is 5.91 Å². The van der Waals surface area contributed by atoms with Crippen molar-refractivity contribution in [3.05, 3.63) is 63.6 Å². The van der Waals surface area contributed by atoms with Crippen LogP contribution in [0.25, 0.3) is 0 Å². The second-order valence-electron chi connectivity index (χ2n) is 5.26. The number of rotatable bonds is 5. The van der Waals surface area contributed by atoms with Crippen LogP contribution in [0, 0.1) is 0 Å². The number of primary amides is 1. The Labute approximate surface area is 158 Å². The number of aromatic nitrogens is 2. The van der Waals surface area contributed by atoms with Crippen molar-refractivity contribution in [3.8, 4) is 5.75 Å². The van der Waals surface area contributed by atoms with Gasteiger partial charge in [0.05, 0.1) is 0 Å². The summed E-state index contributed by atoms with van der Waals surface area (Å²) in [4.78, 5) is 16.0. The molecule has 2 aromatic carbocycles. The number of carbonyl (C=O) groups excluding carboxylic acids is 1. The number of aromatic amines is 1. The smallest absolute Gasteiger partial charge is 0.256 e. The lowest BCUT2D eigenvalue weighted by Gasteiger charge is -2.05. The van der Waals surface area contributed by atoms with Gasteiger partial charge < -0.3 is 16.2 Å². The van der Waals surface area contributed by atoms with E-state index >= 15 is 0 Å². The lowest BCUT2D eigenvalue weighted by molar-refractivity contribution is 0.100. The third-order valence-corrected chi connectivity index (χ3v) is 3.87. The number of nitrogens with one attached hydrogen (secondary N) is 2. The molecule has 0 atom stereocenters. The molecule has 0 saturated heterocycles. The number of H-pyrrole nitrogens is 1. The van der Waals surface area contributed by atoms with Gasteiger partial charge in [-0.3, -0.25) is 9.89 Å². The minimum atomic E-state index is -0.717. The second kappa shape index (κ2) is 7.47. The summed E-state index contributed by atoms with van der Waals surface area (Å²) < 4.78 is 0. The molecule has 0 aliphatic carbocycles. The van der Waals surface area contributed by atoms with E-state index in [9.17, 15) is 9.90 Å². The minimum Gasteiger partial charge on any atom is -0.507 e. The summed E-state index contributed by atoms with van der Waals surface area (Å²) in [7, 11) is 0. The summed E-state index contributed by atoms with van der Waals surface area (Å²) in [6.45, 7) is 0. The van der Waals surface area contributed by atoms with Gasteiger partial charge in [-0.2, -0.15) is 5.10 Å². The molecule has 1 amide bonds. The van der Waals surface area contributed by atoms with Crippen LogP contribution >= 0.6 is 23.2 Å². The molecule has 0 aliphatic rings. The molecular formula is C17H13Cl2N5O2. The topological polar surface area (TPSA) is 116 Å². The number of nitrogens with zero attached hydrogens (tertiary/aromatic N) is 2. The highest BCUT2D eigenvalue weighted by Crippen LogP contribution is 2.28. The highest BCUT2D eigenvalue weighted by Gasteiger charge is 2.18. The minimum absolute atomic E-state index is 0.00411. The molecule has 3 rings (SSSR count). The maximum atomic E-state index is 11.8. The number of halogens is 2. The number of hydrogen-bond acceptors (Lipinski definition) is 5. The summed E-state index contributed by atoms with van der Waals surface area (Å²) in [6.07, 6.45) is 1.35. The molecule has 26 heavy (non-hydrogen) atoms. The molecule has 7 nitrogen and oxygen atoms in total. The first-order chi connectivity index (χ1) is 12.4. The number of aliphatic imine (C=N–C) groups is 1. The molecule has 0 bridgehead atoms. The molecule has 0 unspecified atom stereocenters. The van der Waals surface area contributed by atoms with Crippen molar-refractivity contribution < 1.29 is 9.90 Å². The average molecular weight is 390 g/mol. The summed E-state index contributed by atoms with van der Waals surface area (Å²) in [5.41, 5.74) is 6.54. The molecule has 0 aliphatic heterocycles. The number of anilines is 2. The van der Waals surface area contributed by atoms with Crippen molar-refractivity contribution >= 4 is 52.6 Å². The maximum absolute atomic E-state index is 11.8. The van der Waals surface area contributed by atoms with Gasteiger partial charge in [0, 0.05) is 27.5 Å². The summed E-state index contributed by atoms with van der Waals surface area (Å²) in [5.74, 6) is -0.370. The zero-order valence-corrected chi connectivity index (χ0v) is 14.7. The van der Waals surface area contributed by atoms with Gasteiger partial charge in [0.1, 0.15) is 11.3 Å². The van der Waals surface area contributed by atoms with Crippen LogP contribution in [0.15, 0.2) is 47.5 Å². The van der Waals surface area contributed by atoms with Crippen LogP contribution in [0.4, 0.5) is 17.3 Å². The van der Waals surface area contributed by atoms with Crippen molar-refractivity contribution in [3.63, 3.8) is 0 Å². The molecule has 0 radical (unpaired) electrons. The van der Waals surface area contributed by atoms with Gasteiger partial charge >= 0.3 is 0 Å². The van der Waals surface area contributed by atoms with E-state index in [-0.39, 0.29) is 22.9 Å². The number of nitrogens with two attached hydrogens (primary N) is 1. The molecule has 1 heterocycles. The fraction of sp³-hybridized carbons (Fsp3) is 0. The van der Waals surface area contributed by atoms with E-state index in [4.69, 9.17) is 28.9 Å². The predicted molar refractivity (Wildman–Crippen MR) is 102 cm³/mol. The molecule has 0 spiro atoms. The Morgan fingerprint density at radius 1 is 1.23 bits per heavy atom. The zero-order valence-electron chi connectivity index (χ0n) is 13.2. The van der Waals surface area contributed by atoms with Gasteiger partial charge in [-0.25, -0.2) is 4.99 Å². The van der Waals surface area contributed by atoms with E-state index < -0.39 is 5.91 Å². The largest absolute Gasteiger partial charge is 0.507 e. The maximum Gasteiger partial charge on any atom is 0.256 e. The van der Waals surface area contributed by atoms with Gasteiger partial charge in [0.15, 0.2) is 11.6 Å². The Kier molecular flexibility index (Phi) is 5.11. The Balaban J connectivity index is 1.93. The number of hydrogen-bond donors (Lipinski definition) is 4. The van der Waals surface area contributed by atoms with Crippen molar-refractivity contribution in [1.82, 2.24) is 10.2 Å². The van der Waals surface area contributed by atoms with E-state index in [0.717, 1.165) is 0 Å². The fourth-order valence-electron chi connectivity index (χ4n) is 2.22. The summed E-state index contributed by atoms with van der Waals surface area (Å²) in [5, 5.41) is 20.4. The molecule has 132 valence electrons. The average Bonchev–Trinajstić information content (AvgIpc) is 2.98. The number of benzene rings is 2. The molecular weight excluding hydrogens is 377 g/mol. The summed E-state index contributed by atoms with van der Waals surface area (Å²) in [6, 6.07) is 11.4.